The molecule has 5 nitrogen and oxygen atoms in total. The Morgan fingerprint density at radius 3 is 2.64 bits per heavy atom. The van der Waals surface area contributed by atoms with Crippen molar-refractivity contribution >= 4 is 29.1 Å². The van der Waals surface area contributed by atoms with Crippen LogP contribution in [0.1, 0.15) is 34.3 Å². The third-order valence-corrected chi connectivity index (χ3v) is 5.81. The fourth-order valence-electron chi connectivity index (χ4n) is 3.87. The van der Waals surface area contributed by atoms with E-state index in [9.17, 15) is 9.59 Å². The van der Waals surface area contributed by atoms with E-state index in [1.54, 1.807) is 24.3 Å². The van der Waals surface area contributed by atoms with Crippen molar-refractivity contribution in [1.29, 1.82) is 0 Å². The van der Waals surface area contributed by atoms with Crippen molar-refractivity contribution in [2.75, 3.05) is 25.1 Å². The molecule has 0 aromatic heterocycles. The van der Waals surface area contributed by atoms with E-state index in [1.165, 1.54) is 5.56 Å². The molecule has 0 unspecified atom stereocenters. The summed E-state index contributed by atoms with van der Waals surface area (Å²) in [6, 6.07) is 12.9. The van der Waals surface area contributed by atoms with Crippen LogP contribution in [0.2, 0.25) is 5.02 Å². The zero-order valence-corrected chi connectivity index (χ0v) is 16.4. The van der Waals surface area contributed by atoms with Crippen molar-refractivity contribution in [3.63, 3.8) is 0 Å². The number of ether oxygens (including phenoxy) is 1. The standard InChI is InChI=1S/C22H23ClN2O3/c23-20-4-2-1-3-19(20)21(26)24-18-6-5-15-7-10-25(14-17(15)13-18)22(27)16-8-11-28-12-9-16/h1-6,13,16H,7-12,14H2,(H,24,26). The molecule has 1 N–H and O–H groups in total. The van der Waals surface area contributed by atoms with Crippen LogP contribution in [0.25, 0.3) is 0 Å². The van der Waals surface area contributed by atoms with Crippen molar-refractivity contribution in [1.82, 2.24) is 4.90 Å². The smallest absolute Gasteiger partial charge is 0.257 e. The lowest BCUT2D eigenvalue weighted by atomic mass is 9.94. The van der Waals surface area contributed by atoms with Crippen molar-refractivity contribution in [3.8, 4) is 0 Å². The third-order valence-electron chi connectivity index (χ3n) is 5.48. The molecule has 146 valence electrons. The van der Waals surface area contributed by atoms with Crippen LogP contribution in [0.3, 0.4) is 0 Å². The number of carbonyl (C=O) groups excluding carboxylic acids is 2. The van der Waals surface area contributed by atoms with Gasteiger partial charge in [0.05, 0.1) is 10.6 Å². The Kier molecular flexibility index (Phi) is 5.64. The second kappa shape index (κ2) is 8.33. The summed E-state index contributed by atoms with van der Waals surface area (Å²) in [5.74, 6) is 0.0503. The molecule has 6 heteroatoms. The van der Waals surface area contributed by atoms with Crippen molar-refractivity contribution in [2.45, 2.75) is 25.8 Å². The number of fused-ring (bicyclic) bond motifs is 1. The third kappa shape index (κ3) is 4.05. The van der Waals surface area contributed by atoms with Crippen LogP contribution in [0.15, 0.2) is 42.5 Å². The fraction of sp³-hybridized carbons (Fsp3) is 0.364. The molecule has 2 heterocycles. The SMILES string of the molecule is O=C(Nc1ccc2c(c1)CN(C(=O)C1CCOCC1)CC2)c1ccccc1Cl. The Bertz CT molecular complexity index is 893. The van der Waals surface area contributed by atoms with Crippen LogP contribution in [0, 0.1) is 5.92 Å². The molecule has 0 saturated carbocycles. The first-order chi connectivity index (χ1) is 13.6. The van der Waals surface area contributed by atoms with Gasteiger partial charge < -0.3 is 15.0 Å². The Balaban J connectivity index is 1.47. The Hall–Kier alpha value is -2.37. The lowest BCUT2D eigenvalue weighted by Crippen LogP contribution is -2.41. The fourth-order valence-corrected chi connectivity index (χ4v) is 4.09. The number of hydrogen-bond donors (Lipinski definition) is 1. The van der Waals surface area contributed by atoms with Crippen molar-refractivity contribution in [3.05, 3.63) is 64.2 Å². The summed E-state index contributed by atoms with van der Waals surface area (Å²) >= 11 is 6.11. The van der Waals surface area contributed by atoms with Gasteiger partial charge in [0.15, 0.2) is 0 Å². The van der Waals surface area contributed by atoms with Crippen LogP contribution in [0.4, 0.5) is 5.69 Å². The Labute approximate surface area is 169 Å². The van der Waals surface area contributed by atoms with Crippen LogP contribution in [-0.2, 0) is 22.5 Å². The van der Waals surface area contributed by atoms with Crippen LogP contribution < -0.4 is 5.32 Å². The second-order valence-corrected chi connectivity index (χ2v) is 7.72. The molecule has 28 heavy (non-hydrogen) atoms. The first kappa shape index (κ1) is 19.0. The average molecular weight is 399 g/mol. The van der Waals surface area contributed by atoms with E-state index in [0.717, 1.165) is 31.4 Å². The van der Waals surface area contributed by atoms with Crippen molar-refractivity contribution < 1.29 is 14.3 Å². The molecule has 0 radical (unpaired) electrons. The lowest BCUT2D eigenvalue weighted by molar-refractivity contribution is -0.139. The number of halogens is 1. The van der Waals surface area contributed by atoms with Crippen LogP contribution in [-0.4, -0.2) is 36.5 Å². The molecule has 0 bridgehead atoms. The minimum absolute atomic E-state index is 0.0680. The van der Waals surface area contributed by atoms with E-state index >= 15 is 0 Å². The monoisotopic (exact) mass is 398 g/mol. The van der Waals surface area contributed by atoms with E-state index in [1.807, 2.05) is 23.1 Å². The summed E-state index contributed by atoms with van der Waals surface area (Å²) in [5, 5.41) is 3.34. The molecule has 1 saturated heterocycles. The van der Waals surface area contributed by atoms with Crippen LogP contribution in [0.5, 0.6) is 0 Å². The van der Waals surface area contributed by atoms with E-state index in [-0.39, 0.29) is 17.7 Å². The zero-order chi connectivity index (χ0) is 19.5. The number of anilines is 1. The summed E-state index contributed by atoms with van der Waals surface area (Å²) in [6.45, 7) is 2.66. The van der Waals surface area contributed by atoms with Gasteiger partial charge in [-0.05, 0) is 54.7 Å². The quantitative estimate of drug-likeness (QED) is 0.852. The Morgan fingerprint density at radius 1 is 1.07 bits per heavy atom. The predicted molar refractivity (Wildman–Crippen MR) is 109 cm³/mol. The van der Waals surface area contributed by atoms with Crippen molar-refractivity contribution in [2.24, 2.45) is 5.92 Å². The molecule has 2 aromatic carbocycles. The molecule has 2 aliphatic heterocycles. The van der Waals surface area contributed by atoms with Gasteiger partial charge in [-0.1, -0.05) is 29.8 Å². The molecule has 2 amide bonds. The van der Waals surface area contributed by atoms with Gasteiger partial charge in [-0.3, -0.25) is 9.59 Å². The molecular formula is C22H23ClN2O3. The number of nitrogens with one attached hydrogen (secondary N) is 1. The van der Waals surface area contributed by atoms with E-state index < -0.39 is 0 Å². The minimum Gasteiger partial charge on any atom is -0.381 e. The van der Waals surface area contributed by atoms with E-state index in [0.29, 0.717) is 36.0 Å². The van der Waals surface area contributed by atoms with Crippen LogP contribution >= 0.6 is 11.6 Å². The van der Waals surface area contributed by atoms with E-state index in [4.69, 9.17) is 16.3 Å². The summed E-state index contributed by atoms with van der Waals surface area (Å²) in [5.41, 5.74) is 3.47. The van der Waals surface area contributed by atoms with E-state index in [2.05, 4.69) is 5.32 Å². The molecule has 2 aromatic rings. The van der Waals surface area contributed by atoms with Gasteiger partial charge in [-0.2, -0.15) is 0 Å². The van der Waals surface area contributed by atoms with Gasteiger partial charge >= 0.3 is 0 Å². The van der Waals surface area contributed by atoms with Gasteiger partial charge in [-0.25, -0.2) is 0 Å². The van der Waals surface area contributed by atoms with Gasteiger partial charge in [0.2, 0.25) is 5.91 Å². The second-order valence-electron chi connectivity index (χ2n) is 7.31. The highest BCUT2D eigenvalue weighted by molar-refractivity contribution is 6.34. The molecular weight excluding hydrogens is 376 g/mol. The largest absolute Gasteiger partial charge is 0.381 e. The maximum Gasteiger partial charge on any atom is 0.257 e. The van der Waals surface area contributed by atoms with Gasteiger partial charge in [0, 0.05) is 37.9 Å². The molecule has 0 aliphatic carbocycles. The minimum atomic E-state index is -0.239. The number of amides is 2. The topological polar surface area (TPSA) is 58.6 Å². The number of carbonyl (C=O) groups is 2. The number of hydrogen-bond acceptors (Lipinski definition) is 3. The summed E-state index contributed by atoms with van der Waals surface area (Å²) in [4.78, 5) is 27.3. The molecule has 4 rings (SSSR count). The molecule has 0 spiro atoms. The summed E-state index contributed by atoms with van der Waals surface area (Å²) in [7, 11) is 0. The number of nitrogens with zero attached hydrogens (tertiary/aromatic N) is 1. The maximum atomic E-state index is 12.8. The highest BCUT2D eigenvalue weighted by atomic mass is 35.5. The molecule has 1 fully saturated rings. The Morgan fingerprint density at radius 2 is 1.86 bits per heavy atom. The molecule has 0 atom stereocenters. The lowest BCUT2D eigenvalue weighted by Gasteiger charge is -2.33. The van der Waals surface area contributed by atoms with Gasteiger partial charge in [0.1, 0.15) is 0 Å². The number of rotatable bonds is 3. The predicted octanol–water partition coefficient (Wildman–Crippen LogP) is 3.90. The number of benzene rings is 2. The summed E-state index contributed by atoms with van der Waals surface area (Å²) in [6.07, 6.45) is 2.44. The molecule has 2 aliphatic rings. The first-order valence-corrected chi connectivity index (χ1v) is 10.0. The maximum absolute atomic E-state index is 12.8. The zero-order valence-electron chi connectivity index (χ0n) is 15.6. The van der Waals surface area contributed by atoms with Gasteiger partial charge in [-0.15, -0.1) is 0 Å². The normalized spacial score (nSPS) is 17.1. The first-order valence-electron chi connectivity index (χ1n) is 9.66. The summed E-state index contributed by atoms with van der Waals surface area (Å²) < 4.78 is 5.37. The highest BCUT2D eigenvalue weighted by Crippen LogP contribution is 2.26. The van der Waals surface area contributed by atoms with Gasteiger partial charge in [0.25, 0.3) is 5.91 Å². The highest BCUT2D eigenvalue weighted by Gasteiger charge is 2.28. The average Bonchev–Trinajstić information content (AvgIpc) is 2.73.